The largest absolute Gasteiger partial charge is 0.356 e. The van der Waals surface area contributed by atoms with Gasteiger partial charge in [0.15, 0.2) is 5.96 Å². The minimum absolute atomic E-state index is 0. The van der Waals surface area contributed by atoms with E-state index in [4.69, 9.17) is 0 Å². The smallest absolute Gasteiger partial charge is 0.191 e. The summed E-state index contributed by atoms with van der Waals surface area (Å²) in [5.41, 5.74) is 1.12. The average Bonchev–Trinajstić information content (AvgIpc) is 3.09. The molecule has 0 bridgehead atoms. The molecule has 1 unspecified atom stereocenters. The van der Waals surface area contributed by atoms with Crippen LogP contribution in [0.3, 0.4) is 0 Å². The summed E-state index contributed by atoms with van der Waals surface area (Å²) in [5, 5.41) is 7.94. The number of guanidine groups is 1. The molecule has 2 heterocycles. The first-order valence-electron chi connectivity index (χ1n) is 8.18. The van der Waals surface area contributed by atoms with Crippen LogP contribution in [-0.2, 0) is 6.54 Å². The molecule has 5 nitrogen and oxygen atoms in total. The molecule has 0 saturated carbocycles. The van der Waals surface area contributed by atoms with Crippen LogP contribution in [-0.4, -0.2) is 49.1 Å². The monoisotopic (exact) mass is 451 g/mol. The third-order valence-corrected chi connectivity index (χ3v) is 5.10. The van der Waals surface area contributed by atoms with E-state index < -0.39 is 0 Å². The molecule has 132 valence electrons. The fourth-order valence-electron chi connectivity index (χ4n) is 2.86. The van der Waals surface area contributed by atoms with Crippen molar-refractivity contribution in [3.05, 3.63) is 15.6 Å². The Labute approximate surface area is 161 Å². The number of thiazole rings is 1. The van der Waals surface area contributed by atoms with Gasteiger partial charge < -0.3 is 15.5 Å². The van der Waals surface area contributed by atoms with Crippen LogP contribution in [0.2, 0.25) is 0 Å². The Bertz CT molecular complexity index is 497. The number of rotatable bonds is 6. The molecule has 2 N–H and O–H groups in total. The lowest BCUT2D eigenvalue weighted by Crippen LogP contribution is -2.41. The molecule has 1 aliphatic rings. The molecule has 0 spiro atoms. The molecule has 0 aliphatic carbocycles. The van der Waals surface area contributed by atoms with Gasteiger partial charge in [-0.25, -0.2) is 4.98 Å². The van der Waals surface area contributed by atoms with E-state index in [-0.39, 0.29) is 24.0 Å². The highest BCUT2D eigenvalue weighted by Crippen LogP contribution is 2.16. The van der Waals surface area contributed by atoms with Gasteiger partial charge in [-0.15, -0.1) is 35.3 Å². The fraction of sp³-hybridized carbons (Fsp3) is 0.750. The third kappa shape index (κ3) is 6.93. The van der Waals surface area contributed by atoms with Crippen molar-refractivity contribution < 1.29 is 0 Å². The van der Waals surface area contributed by atoms with E-state index in [0.29, 0.717) is 5.92 Å². The highest BCUT2D eigenvalue weighted by atomic mass is 127. The zero-order valence-corrected chi connectivity index (χ0v) is 17.8. The number of halogens is 1. The van der Waals surface area contributed by atoms with E-state index in [9.17, 15) is 0 Å². The van der Waals surface area contributed by atoms with E-state index in [1.807, 2.05) is 14.0 Å². The molecule has 23 heavy (non-hydrogen) atoms. The normalized spacial score (nSPS) is 17.0. The molecule has 2 rings (SSSR count). The van der Waals surface area contributed by atoms with Gasteiger partial charge in [0.25, 0.3) is 0 Å². The summed E-state index contributed by atoms with van der Waals surface area (Å²) in [7, 11) is 1.82. The second kappa shape index (κ2) is 10.5. The molecule has 1 saturated heterocycles. The molecule has 1 aliphatic heterocycles. The van der Waals surface area contributed by atoms with Gasteiger partial charge in [0.2, 0.25) is 0 Å². The van der Waals surface area contributed by atoms with E-state index in [1.165, 1.54) is 37.4 Å². The quantitative estimate of drug-likeness (QED) is 0.397. The maximum absolute atomic E-state index is 4.46. The lowest BCUT2D eigenvalue weighted by molar-refractivity contribution is 0.287. The van der Waals surface area contributed by atoms with Gasteiger partial charge in [0, 0.05) is 25.0 Å². The van der Waals surface area contributed by atoms with Gasteiger partial charge in [-0.2, -0.15) is 0 Å². The maximum Gasteiger partial charge on any atom is 0.191 e. The number of likely N-dealkylation sites (tertiary alicyclic amines) is 1. The zero-order chi connectivity index (χ0) is 15.9. The first-order valence-corrected chi connectivity index (χ1v) is 9.00. The lowest BCUT2D eigenvalue weighted by atomic mass is 10.1. The van der Waals surface area contributed by atoms with Gasteiger partial charge in [-0.1, -0.05) is 6.92 Å². The molecule has 1 aromatic rings. The van der Waals surface area contributed by atoms with Gasteiger partial charge in [0.05, 0.1) is 17.2 Å². The summed E-state index contributed by atoms with van der Waals surface area (Å²) >= 11 is 1.75. The molecule has 1 aromatic heterocycles. The predicted molar refractivity (Wildman–Crippen MR) is 110 cm³/mol. The molecule has 0 amide bonds. The minimum Gasteiger partial charge on any atom is -0.356 e. The Morgan fingerprint density at radius 2 is 2.00 bits per heavy atom. The molecule has 1 atom stereocenters. The molecule has 0 aromatic carbocycles. The Morgan fingerprint density at radius 3 is 2.57 bits per heavy atom. The number of hydrogen-bond donors (Lipinski definition) is 2. The standard InChI is InChI=1S/C16H29N5S.HI/c1-12(11-21-7-5-6-8-21)9-18-16(17-4)19-10-15-13(2)20-14(3)22-15;/h12H,5-11H2,1-4H3,(H2,17,18,19);1H. The second-order valence-corrected chi connectivity index (χ2v) is 7.45. The Morgan fingerprint density at radius 1 is 1.30 bits per heavy atom. The summed E-state index contributed by atoms with van der Waals surface area (Å²) < 4.78 is 0. The topological polar surface area (TPSA) is 52.6 Å². The van der Waals surface area contributed by atoms with E-state index in [2.05, 4.69) is 39.4 Å². The fourth-order valence-corrected chi connectivity index (χ4v) is 3.74. The highest BCUT2D eigenvalue weighted by Gasteiger charge is 2.14. The number of aromatic nitrogens is 1. The number of nitrogens with one attached hydrogen (secondary N) is 2. The van der Waals surface area contributed by atoms with E-state index >= 15 is 0 Å². The Hall–Kier alpha value is -0.410. The minimum atomic E-state index is 0. The summed E-state index contributed by atoms with van der Waals surface area (Å²) in [6.07, 6.45) is 2.72. The number of nitrogens with zero attached hydrogens (tertiary/aromatic N) is 3. The molecular weight excluding hydrogens is 421 g/mol. The molecular formula is C16H30IN5S. The van der Waals surface area contributed by atoms with Crippen molar-refractivity contribution in [2.45, 2.75) is 40.2 Å². The molecule has 1 fully saturated rings. The molecule has 0 radical (unpaired) electrons. The van der Waals surface area contributed by atoms with Crippen LogP contribution >= 0.6 is 35.3 Å². The van der Waals surface area contributed by atoms with Crippen LogP contribution in [0.15, 0.2) is 4.99 Å². The lowest BCUT2D eigenvalue weighted by Gasteiger charge is -2.21. The number of hydrogen-bond acceptors (Lipinski definition) is 4. The van der Waals surface area contributed by atoms with Crippen molar-refractivity contribution in [1.29, 1.82) is 0 Å². The molecule has 7 heteroatoms. The first-order chi connectivity index (χ1) is 10.6. The van der Waals surface area contributed by atoms with Crippen molar-refractivity contribution in [3.63, 3.8) is 0 Å². The predicted octanol–water partition coefficient (Wildman–Crippen LogP) is 2.77. The number of aryl methyl sites for hydroxylation is 2. The summed E-state index contributed by atoms with van der Waals surface area (Å²) in [6, 6.07) is 0. The van der Waals surface area contributed by atoms with Gasteiger partial charge >= 0.3 is 0 Å². The summed E-state index contributed by atoms with van der Waals surface area (Å²) in [5.74, 6) is 1.50. The second-order valence-electron chi connectivity index (χ2n) is 6.16. The van der Waals surface area contributed by atoms with Crippen LogP contribution in [0, 0.1) is 19.8 Å². The van der Waals surface area contributed by atoms with Gasteiger partial charge in [-0.05, 0) is 45.7 Å². The Kier molecular flexibility index (Phi) is 9.38. The van der Waals surface area contributed by atoms with Crippen LogP contribution in [0.5, 0.6) is 0 Å². The summed E-state index contributed by atoms with van der Waals surface area (Å²) in [4.78, 5) is 12.6. The average molecular weight is 451 g/mol. The maximum atomic E-state index is 4.46. The van der Waals surface area contributed by atoms with Crippen molar-refractivity contribution in [2.75, 3.05) is 33.2 Å². The van der Waals surface area contributed by atoms with Gasteiger partial charge in [0.1, 0.15) is 0 Å². The van der Waals surface area contributed by atoms with Crippen LogP contribution in [0.4, 0.5) is 0 Å². The van der Waals surface area contributed by atoms with Crippen molar-refractivity contribution in [1.82, 2.24) is 20.5 Å². The van der Waals surface area contributed by atoms with E-state index in [0.717, 1.165) is 29.8 Å². The van der Waals surface area contributed by atoms with Crippen LogP contribution < -0.4 is 10.6 Å². The van der Waals surface area contributed by atoms with Crippen molar-refractivity contribution >= 4 is 41.3 Å². The third-order valence-electron chi connectivity index (χ3n) is 4.03. The van der Waals surface area contributed by atoms with Crippen molar-refractivity contribution in [3.8, 4) is 0 Å². The highest BCUT2D eigenvalue weighted by molar-refractivity contribution is 14.0. The van der Waals surface area contributed by atoms with Crippen LogP contribution in [0.1, 0.15) is 35.3 Å². The zero-order valence-electron chi connectivity index (χ0n) is 14.7. The number of aliphatic imine (C=N–C) groups is 1. The van der Waals surface area contributed by atoms with Crippen molar-refractivity contribution in [2.24, 2.45) is 10.9 Å². The van der Waals surface area contributed by atoms with Crippen LogP contribution in [0.25, 0.3) is 0 Å². The first kappa shape index (κ1) is 20.6. The van der Waals surface area contributed by atoms with Gasteiger partial charge in [-0.3, -0.25) is 4.99 Å². The Balaban J connectivity index is 0.00000264. The van der Waals surface area contributed by atoms with E-state index in [1.54, 1.807) is 11.3 Å². The summed E-state index contributed by atoms with van der Waals surface area (Å²) in [6.45, 7) is 11.9. The SMILES string of the molecule is CN=C(NCc1sc(C)nc1C)NCC(C)CN1CCCC1.I.